The summed E-state index contributed by atoms with van der Waals surface area (Å²) < 4.78 is 0. The van der Waals surface area contributed by atoms with Gasteiger partial charge in [0.05, 0.1) is 0 Å². The van der Waals surface area contributed by atoms with Crippen molar-refractivity contribution in [2.24, 2.45) is 0 Å². The second-order valence-electron chi connectivity index (χ2n) is 1.86. The van der Waals surface area contributed by atoms with Crippen molar-refractivity contribution in [2.75, 3.05) is 12.5 Å². The van der Waals surface area contributed by atoms with Gasteiger partial charge in [0, 0.05) is 0 Å². The molecule has 0 aromatic carbocycles. The minimum Gasteiger partial charge on any atom is -0.474 e. The summed E-state index contributed by atoms with van der Waals surface area (Å²) in [5.74, 6) is 0. The third-order valence-electron chi connectivity index (χ3n) is 0.873. The summed E-state index contributed by atoms with van der Waals surface area (Å²) in [6.07, 6.45) is 2.44. The normalized spacial score (nSPS) is 12.7. The molecule has 0 rings (SSSR count). The lowest BCUT2D eigenvalue weighted by Gasteiger charge is -2.17. The molecule has 0 bridgehead atoms. The Morgan fingerprint density at radius 3 is 1.33 bits per heavy atom. The molecule has 54 valence electrons. The first-order valence-corrected chi connectivity index (χ1v) is 4.53. The zero-order chi connectivity index (χ0) is 7.65. The summed E-state index contributed by atoms with van der Waals surface area (Å²) in [5.41, 5.74) is 0. The Hall–Kier alpha value is -0.710. The maximum absolute atomic E-state index is 10.1. The van der Waals surface area contributed by atoms with Crippen LogP contribution in [0.2, 0.25) is 0 Å². The van der Waals surface area contributed by atoms with E-state index < -0.39 is 20.6 Å². The van der Waals surface area contributed by atoms with Crippen LogP contribution in [0.4, 0.5) is 9.59 Å². The quantitative estimate of drug-likeness (QED) is 0.550. The van der Waals surface area contributed by atoms with E-state index in [0.29, 0.717) is 0 Å². The van der Waals surface area contributed by atoms with Crippen molar-refractivity contribution in [3.05, 3.63) is 0 Å². The highest BCUT2D eigenvalue weighted by atomic mass is 32.3. The molecule has 2 N–H and O–H groups in total. The molecule has 0 amide bonds. The topological polar surface area (TPSA) is 74.6 Å². The number of hydrogen-bond donors (Lipinski definition) is 2. The van der Waals surface area contributed by atoms with E-state index in [1.54, 1.807) is 0 Å². The molecule has 0 spiro atoms. The fourth-order valence-corrected chi connectivity index (χ4v) is 0.224. The molecule has 0 unspecified atom stereocenters. The van der Waals surface area contributed by atoms with Crippen LogP contribution in [-0.4, -0.2) is 33.3 Å². The SMILES string of the molecule is CS(C)(C(=O)O)C(=O)O. The zero-order valence-electron chi connectivity index (χ0n) is 5.12. The fraction of sp³-hybridized carbons (Fsp3) is 0.500. The van der Waals surface area contributed by atoms with Crippen LogP contribution >= 0.6 is 10.0 Å². The molecule has 0 aromatic rings. The van der Waals surface area contributed by atoms with Crippen LogP contribution < -0.4 is 0 Å². The highest BCUT2D eigenvalue weighted by Crippen LogP contribution is 2.40. The largest absolute Gasteiger partial charge is 0.474 e. The smallest absolute Gasteiger partial charge is 0.356 e. The average Bonchev–Trinajstić information content (AvgIpc) is 1.65. The molecule has 0 radical (unpaired) electrons. The molecule has 0 aliphatic rings. The van der Waals surface area contributed by atoms with Crippen LogP contribution in [0.1, 0.15) is 0 Å². The van der Waals surface area contributed by atoms with Crippen LogP contribution in [0.3, 0.4) is 0 Å². The van der Waals surface area contributed by atoms with Gasteiger partial charge in [-0.2, -0.15) is 0 Å². The van der Waals surface area contributed by atoms with E-state index in [4.69, 9.17) is 10.2 Å². The minimum absolute atomic E-state index is 1.22. The molecule has 0 heterocycles. The van der Waals surface area contributed by atoms with Crippen molar-refractivity contribution in [2.45, 2.75) is 0 Å². The third kappa shape index (κ3) is 1.60. The van der Waals surface area contributed by atoms with Gasteiger partial charge < -0.3 is 10.2 Å². The molecule has 5 heteroatoms. The molecular formula is C4H8O4S. The van der Waals surface area contributed by atoms with E-state index in [1.165, 1.54) is 12.5 Å². The van der Waals surface area contributed by atoms with E-state index in [9.17, 15) is 9.59 Å². The van der Waals surface area contributed by atoms with Gasteiger partial charge in [0.25, 0.3) is 0 Å². The van der Waals surface area contributed by atoms with Gasteiger partial charge in [-0.05, 0) is 12.5 Å². The molecule has 0 saturated carbocycles. The van der Waals surface area contributed by atoms with Crippen molar-refractivity contribution in [3.63, 3.8) is 0 Å². The third-order valence-corrected chi connectivity index (χ3v) is 2.62. The summed E-state index contributed by atoms with van der Waals surface area (Å²) in [7, 11) is -2.48. The van der Waals surface area contributed by atoms with E-state index in [2.05, 4.69) is 0 Å². The second kappa shape index (κ2) is 2.26. The standard InChI is InChI=1S/C4H8O4S/c1-9(2,3(5)6)4(7)8/h1-2H3,(H,5,6)(H,7,8). The highest BCUT2D eigenvalue weighted by Gasteiger charge is 2.29. The predicted molar refractivity (Wildman–Crippen MR) is 35.5 cm³/mol. The summed E-state index contributed by atoms with van der Waals surface area (Å²) in [6, 6.07) is 0. The van der Waals surface area contributed by atoms with Gasteiger partial charge in [0.1, 0.15) is 0 Å². The lowest BCUT2D eigenvalue weighted by molar-refractivity contribution is 0.215. The van der Waals surface area contributed by atoms with Gasteiger partial charge in [0.15, 0.2) is 0 Å². The average molecular weight is 152 g/mol. The number of rotatable bonds is 0. The van der Waals surface area contributed by atoms with E-state index in [-0.39, 0.29) is 0 Å². The predicted octanol–water partition coefficient (Wildman–Crippen LogP) is 1.41. The van der Waals surface area contributed by atoms with Crippen molar-refractivity contribution in [1.82, 2.24) is 0 Å². The lowest BCUT2D eigenvalue weighted by atomic mass is 11.6. The lowest BCUT2D eigenvalue weighted by Crippen LogP contribution is -2.14. The molecule has 0 fully saturated rings. The van der Waals surface area contributed by atoms with Crippen LogP contribution in [-0.2, 0) is 0 Å². The van der Waals surface area contributed by atoms with Crippen molar-refractivity contribution < 1.29 is 19.8 Å². The Bertz CT molecular complexity index is 135. The van der Waals surface area contributed by atoms with E-state index >= 15 is 0 Å². The number of carbonyl (C=O) groups is 2. The Kier molecular flexibility index (Phi) is 2.08. The zero-order valence-corrected chi connectivity index (χ0v) is 5.94. The van der Waals surface area contributed by atoms with Crippen LogP contribution in [0, 0.1) is 0 Å². The Balaban J connectivity index is 4.38. The first kappa shape index (κ1) is 8.29. The number of hydrogen-bond acceptors (Lipinski definition) is 2. The van der Waals surface area contributed by atoms with Crippen LogP contribution in [0.15, 0.2) is 0 Å². The molecule has 9 heavy (non-hydrogen) atoms. The maximum atomic E-state index is 10.1. The van der Waals surface area contributed by atoms with Gasteiger partial charge >= 0.3 is 10.6 Å². The molecule has 0 aliphatic heterocycles. The first-order chi connectivity index (χ1) is 3.89. The Labute approximate surface area is 53.8 Å². The monoisotopic (exact) mass is 152 g/mol. The van der Waals surface area contributed by atoms with Gasteiger partial charge in [-0.15, -0.1) is 0 Å². The molecule has 0 aliphatic carbocycles. The Morgan fingerprint density at radius 2 is 1.33 bits per heavy atom. The highest BCUT2D eigenvalue weighted by molar-refractivity contribution is 8.54. The molecular weight excluding hydrogens is 144 g/mol. The molecule has 0 aromatic heterocycles. The maximum Gasteiger partial charge on any atom is 0.356 e. The van der Waals surface area contributed by atoms with Crippen molar-refractivity contribution in [3.8, 4) is 0 Å². The van der Waals surface area contributed by atoms with Crippen molar-refractivity contribution >= 4 is 20.6 Å². The molecule has 0 atom stereocenters. The van der Waals surface area contributed by atoms with Gasteiger partial charge in [-0.1, -0.05) is 10.0 Å². The van der Waals surface area contributed by atoms with Crippen molar-refractivity contribution in [1.29, 1.82) is 0 Å². The summed E-state index contributed by atoms with van der Waals surface area (Å²) in [4.78, 5) is 20.2. The van der Waals surface area contributed by atoms with Gasteiger partial charge in [0.2, 0.25) is 0 Å². The van der Waals surface area contributed by atoms with Gasteiger partial charge in [-0.25, -0.2) is 9.59 Å². The molecule has 0 saturated heterocycles. The van der Waals surface area contributed by atoms with Crippen LogP contribution in [0.25, 0.3) is 0 Å². The first-order valence-electron chi connectivity index (χ1n) is 2.08. The minimum atomic E-state index is -2.48. The summed E-state index contributed by atoms with van der Waals surface area (Å²) in [5, 5.41) is 14.1. The summed E-state index contributed by atoms with van der Waals surface area (Å²) in [6.45, 7) is 0. The fourth-order valence-electron chi connectivity index (χ4n) is 0.0747. The Morgan fingerprint density at radius 1 is 1.11 bits per heavy atom. The van der Waals surface area contributed by atoms with Crippen LogP contribution in [0.5, 0.6) is 0 Å². The number of carboxylic acid groups (broad SMARTS) is 2. The second-order valence-corrected chi connectivity index (χ2v) is 5.21. The van der Waals surface area contributed by atoms with Gasteiger partial charge in [-0.3, -0.25) is 0 Å². The van der Waals surface area contributed by atoms with E-state index in [1.807, 2.05) is 0 Å². The van der Waals surface area contributed by atoms with E-state index in [0.717, 1.165) is 0 Å². The summed E-state index contributed by atoms with van der Waals surface area (Å²) >= 11 is 0. The molecule has 4 nitrogen and oxygen atoms in total.